The number of fused-ring (bicyclic) bond motifs is 1. The average molecular weight is 399 g/mol. The number of hydrogen-bond donors (Lipinski definition) is 0. The maximum Gasteiger partial charge on any atom is 0.280 e. The first-order valence-corrected chi connectivity index (χ1v) is 9.39. The molecule has 1 amide bonds. The molecule has 1 aliphatic heterocycles. The maximum absolute atomic E-state index is 12.5. The van der Waals surface area contributed by atoms with E-state index in [1.807, 2.05) is 28.5 Å². The lowest BCUT2D eigenvalue weighted by Gasteiger charge is -2.28. The smallest absolute Gasteiger partial charge is 0.280 e. The molecule has 0 aliphatic carbocycles. The zero-order valence-electron chi connectivity index (χ0n) is 15.4. The Labute approximate surface area is 166 Å². The van der Waals surface area contributed by atoms with Crippen molar-refractivity contribution >= 4 is 34.1 Å². The molecule has 1 aromatic carbocycles. The summed E-state index contributed by atoms with van der Waals surface area (Å²) in [6.45, 7) is 3.46. The normalized spacial score (nSPS) is 14.4. The Bertz CT molecular complexity index is 1120. The predicted molar refractivity (Wildman–Crippen MR) is 106 cm³/mol. The third kappa shape index (κ3) is 3.55. The molecule has 144 valence electrons. The second-order valence-electron chi connectivity index (χ2n) is 6.65. The fraction of sp³-hybridized carbons (Fsp3) is 0.316. The van der Waals surface area contributed by atoms with E-state index in [-0.39, 0.29) is 11.5 Å². The van der Waals surface area contributed by atoms with Crippen molar-refractivity contribution in [2.75, 3.05) is 13.1 Å². The molecular weight excluding hydrogens is 380 g/mol. The van der Waals surface area contributed by atoms with Gasteiger partial charge in [-0.25, -0.2) is 4.98 Å². The van der Waals surface area contributed by atoms with Gasteiger partial charge < -0.3 is 9.47 Å². The molecule has 2 aromatic heterocycles. The zero-order chi connectivity index (χ0) is 19.7. The summed E-state index contributed by atoms with van der Waals surface area (Å²) < 4.78 is 3.63. The van der Waals surface area contributed by atoms with Gasteiger partial charge in [-0.3, -0.25) is 14.3 Å². The molecule has 0 radical (unpaired) electrons. The molecule has 9 heteroatoms. The van der Waals surface area contributed by atoms with E-state index in [2.05, 4.69) is 15.1 Å². The van der Waals surface area contributed by atoms with Crippen LogP contribution in [0.5, 0.6) is 0 Å². The minimum atomic E-state index is -0.285. The number of carbonyl (C=O) groups is 1. The van der Waals surface area contributed by atoms with E-state index >= 15 is 0 Å². The van der Waals surface area contributed by atoms with E-state index < -0.39 is 0 Å². The standard InChI is InChI=1S/C19H19ClN6O2/c1-13-23-19(28)16-10-14(20)2-3-17(16)26(13)15-4-7-24(8-5-15)18(27)6-9-25-12-21-11-22-25/h2-4,10-12H,5-9H2,1H3. The number of benzene rings is 1. The highest BCUT2D eigenvalue weighted by molar-refractivity contribution is 6.31. The Morgan fingerprint density at radius 1 is 1.32 bits per heavy atom. The largest absolute Gasteiger partial charge is 0.338 e. The Balaban J connectivity index is 1.55. The number of hydrogen-bond acceptors (Lipinski definition) is 5. The molecule has 8 nitrogen and oxygen atoms in total. The SMILES string of the molecule is Cc1nc(=O)c2cc(Cl)ccc2n1C1=CCN(C(=O)CCn2cncn2)CC1. The van der Waals surface area contributed by atoms with Crippen molar-refractivity contribution in [3.8, 4) is 0 Å². The first-order valence-electron chi connectivity index (χ1n) is 9.01. The van der Waals surface area contributed by atoms with E-state index in [1.54, 1.807) is 23.1 Å². The number of aryl methyl sites for hydroxylation is 2. The van der Waals surface area contributed by atoms with Crippen LogP contribution in [-0.4, -0.2) is 48.2 Å². The van der Waals surface area contributed by atoms with Crippen LogP contribution in [0.3, 0.4) is 0 Å². The van der Waals surface area contributed by atoms with Crippen LogP contribution in [0.1, 0.15) is 18.7 Å². The summed E-state index contributed by atoms with van der Waals surface area (Å²) in [6, 6.07) is 5.25. The topological polar surface area (TPSA) is 85.9 Å². The molecule has 3 aromatic rings. The third-order valence-corrected chi connectivity index (χ3v) is 5.10. The second-order valence-corrected chi connectivity index (χ2v) is 7.09. The fourth-order valence-corrected chi connectivity index (χ4v) is 3.65. The van der Waals surface area contributed by atoms with Crippen LogP contribution >= 0.6 is 11.6 Å². The molecule has 0 unspecified atom stereocenters. The number of aromatic nitrogens is 5. The van der Waals surface area contributed by atoms with Gasteiger partial charge in [0.2, 0.25) is 5.91 Å². The van der Waals surface area contributed by atoms with Crippen LogP contribution in [-0.2, 0) is 11.3 Å². The van der Waals surface area contributed by atoms with Crippen molar-refractivity contribution in [1.29, 1.82) is 0 Å². The summed E-state index contributed by atoms with van der Waals surface area (Å²) in [4.78, 5) is 34.5. The highest BCUT2D eigenvalue weighted by atomic mass is 35.5. The summed E-state index contributed by atoms with van der Waals surface area (Å²) >= 11 is 6.04. The van der Waals surface area contributed by atoms with E-state index in [0.29, 0.717) is 48.7 Å². The molecule has 0 saturated carbocycles. The van der Waals surface area contributed by atoms with Gasteiger partial charge in [-0.05, 0) is 31.2 Å². The first-order chi connectivity index (χ1) is 13.5. The van der Waals surface area contributed by atoms with Gasteiger partial charge >= 0.3 is 0 Å². The Morgan fingerprint density at radius 2 is 2.18 bits per heavy atom. The van der Waals surface area contributed by atoms with Crippen LogP contribution in [0, 0.1) is 6.92 Å². The lowest BCUT2D eigenvalue weighted by molar-refractivity contribution is -0.131. The van der Waals surface area contributed by atoms with Crippen molar-refractivity contribution in [2.24, 2.45) is 0 Å². The summed E-state index contributed by atoms with van der Waals surface area (Å²) in [5, 5.41) is 5.01. The Morgan fingerprint density at radius 3 is 2.89 bits per heavy atom. The van der Waals surface area contributed by atoms with Crippen LogP contribution in [0.25, 0.3) is 16.6 Å². The van der Waals surface area contributed by atoms with Crippen molar-refractivity contribution < 1.29 is 4.79 Å². The zero-order valence-corrected chi connectivity index (χ0v) is 16.1. The van der Waals surface area contributed by atoms with Crippen molar-refractivity contribution in [1.82, 2.24) is 29.2 Å². The summed E-state index contributed by atoms with van der Waals surface area (Å²) in [5.41, 5.74) is 1.52. The lowest BCUT2D eigenvalue weighted by atomic mass is 10.1. The number of nitrogens with zero attached hydrogens (tertiary/aromatic N) is 6. The van der Waals surface area contributed by atoms with Gasteiger partial charge in [0.1, 0.15) is 18.5 Å². The molecule has 0 N–H and O–H groups in total. The minimum absolute atomic E-state index is 0.0807. The maximum atomic E-state index is 12.5. The molecule has 0 atom stereocenters. The molecule has 0 bridgehead atoms. The van der Waals surface area contributed by atoms with Gasteiger partial charge in [-0.15, -0.1) is 0 Å². The molecule has 0 spiro atoms. The quantitative estimate of drug-likeness (QED) is 0.671. The summed E-state index contributed by atoms with van der Waals surface area (Å²) in [6.07, 6.45) is 6.14. The molecule has 0 fully saturated rings. The van der Waals surface area contributed by atoms with Crippen LogP contribution in [0.15, 0.2) is 41.7 Å². The van der Waals surface area contributed by atoms with Gasteiger partial charge in [0.15, 0.2) is 0 Å². The second kappa shape index (κ2) is 7.55. The molecule has 4 rings (SSSR count). The van der Waals surface area contributed by atoms with Gasteiger partial charge in [0.05, 0.1) is 17.4 Å². The number of amides is 1. The summed E-state index contributed by atoms with van der Waals surface area (Å²) in [7, 11) is 0. The van der Waals surface area contributed by atoms with Crippen molar-refractivity contribution in [2.45, 2.75) is 26.3 Å². The van der Waals surface area contributed by atoms with E-state index in [1.165, 1.54) is 6.33 Å². The predicted octanol–water partition coefficient (Wildman–Crippen LogP) is 2.11. The highest BCUT2D eigenvalue weighted by Gasteiger charge is 2.20. The number of rotatable bonds is 4. The Hall–Kier alpha value is -3.00. The van der Waals surface area contributed by atoms with Crippen LogP contribution in [0.4, 0.5) is 0 Å². The number of carbonyl (C=O) groups excluding carboxylic acids is 1. The van der Waals surface area contributed by atoms with Gasteiger partial charge in [0, 0.05) is 36.7 Å². The van der Waals surface area contributed by atoms with Gasteiger partial charge in [0.25, 0.3) is 5.56 Å². The molecule has 28 heavy (non-hydrogen) atoms. The van der Waals surface area contributed by atoms with Crippen molar-refractivity contribution in [3.63, 3.8) is 0 Å². The van der Waals surface area contributed by atoms with Crippen molar-refractivity contribution in [3.05, 3.63) is 58.1 Å². The fourth-order valence-electron chi connectivity index (χ4n) is 3.47. The Kier molecular flexibility index (Phi) is 4.95. The average Bonchev–Trinajstić information content (AvgIpc) is 3.21. The molecule has 1 aliphatic rings. The summed E-state index contributed by atoms with van der Waals surface area (Å²) in [5.74, 6) is 0.703. The highest BCUT2D eigenvalue weighted by Crippen LogP contribution is 2.24. The van der Waals surface area contributed by atoms with E-state index in [0.717, 1.165) is 11.2 Å². The van der Waals surface area contributed by atoms with Crippen LogP contribution in [0.2, 0.25) is 5.02 Å². The molecular formula is C19H19ClN6O2. The van der Waals surface area contributed by atoms with Gasteiger partial charge in [-0.1, -0.05) is 11.6 Å². The first kappa shape index (κ1) is 18.4. The monoisotopic (exact) mass is 398 g/mol. The minimum Gasteiger partial charge on any atom is -0.338 e. The van der Waals surface area contributed by atoms with Crippen LogP contribution < -0.4 is 5.56 Å². The molecule has 0 saturated heterocycles. The van der Waals surface area contributed by atoms with E-state index in [9.17, 15) is 9.59 Å². The van der Waals surface area contributed by atoms with Gasteiger partial charge in [-0.2, -0.15) is 10.1 Å². The number of halogens is 1. The lowest BCUT2D eigenvalue weighted by Crippen LogP contribution is -2.36. The molecule has 3 heterocycles. The van der Waals surface area contributed by atoms with E-state index in [4.69, 9.17) is 11.6 Å². The third-order valence-electron chi connectivity index (χ3n) is 4.86.